The lowest BCUT2D eigenvalue weighted by Crippen LogP contribution is -2.25. The van der Waals surface area contributed by atoms with E-state index in [2.05, 4.69) is 5.32 Å². The smallest absolute Gasteiger partial charge is 0.338 e. The van der Waals surface area contributed by atoms with Crippen LogP contribution in [-0.4, -0.2) is 30.9 Å². The Kier molecular flexibility index (Phi) is 4.31. The lowest BCUT2D eigenvalue weighted by molar-refractivity contribution is -0.118. The monoisotopic (exact) mass is 351 g/mol. The van der Waals surface area contributed by atoms with Crippen molar-refractivity contribution in [2.45, 2.75) is 0 Å². The third-order valence-corrected chi connectivity index (χ3v) is 4.30. The number of carbonyl (C=O) groups is 3. The van der Waals surface area contributed by atoms with E-state index in [-0.39, 0.29) is 30.5 Å². The van der Waals surface area contributed by atoms with Crippen LogP contribution in [0.15, 0.2) is 30.3 Å². The van der Waals surface area contributed by atoms with Gasteiger partial charge < -0.3 is 14.8 Å². The van der Waals surface area contributed by atoms with Gasteiger partial charge in [0.2, 0.25) is 5.78 Å². The van der Waals surface area contributed by atoms with Gasteiger partial charge in [-0.3, -0.25) is 9.59 Å². The highest BCUT2D eigenvalue weighted by Gasteiger charge is 2.19. The van der Waals surface area contributed by atoms with Gasteiger partial charge in [-0.15, -0.1) is 11.3 Å². The van der Waals surface area contributed by atoms with E-state index in [9.17, 15) is 14.4 Å². The number of anilines is 1. The van der Waals surface area contributed by atoms with Crippen molar-refractivity contribution < 1.29 is 23.9 Å². The summed E-state index contributed by atoms with van der Waals surface area (Å²) in [6, 6.07) is 7.69. The SMILES string of the molecule is O=C1COc2cc(C(=O)OCC(=O)c3ccc(Cl)s3)ccc2N1. The van der Waals surface area contributed by atoms with Crippen LogP contribution in [0.5, 0.6) is 5.75 Å². The number of rotatable bonds is 4. The van der Waals surface area contributed by atoms with Gasteiger partial charge in [-0.05, 0) is 30.3 Å². The molecule has 0 unspecified atom stereocenters. The first-order valence-electron chi connectivity index (χ1n) is 6.55. The molecule has 0 atom stereocenters. The molecule has 118 valence electrons. The summed E-state index contributed by atoms with van der Waals surface area (Å²) < 4.78 is 10.7. The van der Waals surface area contributed by atoms with Crippen LogP contribution in [0.2, 0.25) is 4.34 Å². The lowest BCUT2D eigenvalue weighted by atomic mass is 10.1. The molecule has 1 aliphatic heterocycles. The average Bonchev–Trinajstić information content (AvgIpc) is 2.98. The quantitative estimate of drug-likeness (QED) is 0.676. The number of hydrogen-bond donors (Lipinski definition) is 1. The Labute approximate surface area is 140 Å². The number of hydrogen-bond acceptors (Lipinski definition) is 6. The van der Waals surface area contributed by atoms with Gasteiger partial charge in [-0.2, -0.15) is 0 Å². The van der Waals surface area contributed by atoms with E-state index in [0.29, 0.717) is 20.7 Å². The standard InChI is InChI=1S/C15H10ClNO5S/c16-13-4-3-12(23-13)10(18)6-22-15(20)8-1-2-9-11(5-8)21-7-14(19)17-9/h1-5H,6-7H2,(H,17,19). The van der Waals surface area contributed by atoms with Gasteiger partial charge in [0, 0.05) is 0 Å². The van der Waals surface area contributed by atoms with E-state index in [1.165, 1.54) is 12.1 Å². The van der Waals surface area contributed by atoms with E-state index < -0.39 is 5.97 Å². The van der Waals surface area contributed by atoms with Crippen molar-refractivity contribution in [2.75, 3.05) is 18.5 Å². The zero-order valence-electron chi connectivity index (χ0n) is 11.6. The first-order chi connectivity index (χ1) is 11.0. The second-order valence-corrected chi connectivity index (χ2v) is 6.37. The van der Waals surface area contributed by atoms with Crippen LogP contribution in [0.25, 0.3) is 0 Å². The molecule has 1 N–H and O–H groups in total. The number of Topliss-reactive ketones (excluding diaryl/α,β-unsaturated/α-hetero) is 1. The van der Waals surface area contributed by atoms with Crippen molar-refractivity contribution in [1.29, 1.82) is 0 Å². The van der Waals surface area contributed by atoms with Gasteiger partial charge in [0.25, 0.3) is 5.91 Å². The molecule has 0 bridgehead atoms. The molecule has 0 radical (unpaired) electrons. The number of ketones is 1. The fourth-order valence-corrected chi connectivity index (χ4v) is 2.92. The minimum Gasteiger partial charge on any atom is -0.482 e. The van der Waals surface area contributed by atoms with Crippen molar-refractivity contribution in [1.82, 2.24) is 0 Å². The molecule has 23 heavy (non-hydrogen) atoms. The number of thiophene rings is 1. The predicted octanol–water partition coefficient (Wildman–Crippen LogP) is 2.77. The van der Waals surface area contributed by atoms with Gasteiger partial charge in [0.15, 0.2) is 13.2 Å². The Hall–Kier alpha value is -2.38. The number of ether oxygens (including phenoxy) is 2. The van der Waals surface area contributed by atoms with Crippen LogP contribution in [0, 0.1) is 0 Å². The molecule has 8 heteroatoms. The molecule has 1 aromatic heterocycles. The summed E-state index contributed by atoms with van der Waals surface area (Å²) in [6.07, 6.45) is 0. The Morgan fingerprint density at radius 1 is 1.30 bits per heavy atom. The van der Waals surface area contributed by atoms with Crippen LogP contribution in [0.3, 0.4) is 0 Å². The van der Waals surface area contributed by atoms with Gasteiger partial charge in [-0.25, -0.2) is 4.79 Å². The fraction of sp³-hybridized carbons (Fsp3) is 0.133. The van der Waals surface area contributed by atoms with Gasteiger partial charge in [-0.1, -0.05) is 11.6 Å². The zero-order chi connectivity index (χ0) is 16.4. The Morgan fingerprint density at radius 3 is 2.87 bits per heavy atom. The molecule has 3 rings (SSSR count). The summed E-state index contributed by atoms with van der Waals surface area (Å²) in [6.45, 7) is -0.479. The Morgan fingerprint density at radius 2 is 2.13 bits per heavy atom. The van der Waals surface area contributed by atoms with Gasteiger partial charge >= 0.3 is 5.97 Å². The number of halogens is 1. The molecule has 0 saturated heterocycles. The summed E-state index contributed by atoms with van der Waals surface area (Å²) in [4.78, 5) is 35.5. The Balaban J connectivity index is 1.64. The molecule has 2 aromatic rings. The molecule has 0 fully saturated rings. The number of amides is 1. The third-order valence-electron chi connectivity index (χ3n) is 3.03. The number of benzene rings is 1. The maximum atomic E-state index is 12.0. The molecule has 1 aromatic carbocycles. The highest BCUT2D eigenvalue weighted by molar-refractivity contribution is 7.18. The van der Waals surface area contributed by atoms with Crippen LogP contribution in [0.1, 0.15) is 20.0 Å². The second-order valence-electron chi connectivity index (χ2n) is 4.65. The molecule has 0 saturated carbocycles. The molecular formula is C15H10ClNO5S. The van der Waals surface area contributed by atoms with Crippen molar-refractivity contribution in [3.8, 4) is 5.75 Å². The van der Waals surface area contributed by atoms with Crippen LogP contribution in [0.4, 0.5) is 5.69 Å². The first kappa shape index (κ1) is 15.5. The summed E-state index contributed by atoms with van der Waals surface area (Å²) in [7, 11) is 0. The van der Waals surface area contributed by atoms with E-state index >= 15 is 0 Å². The number of carbonyl (C=O) groups excluding carboxylic acids is 3. The van der Waals surface area contributed by atoms with Gasteiger partial charge in [0.05, 0.1) is 20.5 Å². The van der Waals surface area contributed by atoms with Crippen molar-refractivity contribution in [2.24, 2.45) is 0 Å². The third kappa shape index (κ3) is 3.52. The van der Waals surface area contributed by atoms with Crippen LogP contribution in [-0.2, 0) is 9.53 Å². The van der Waals surface area contributed by atoms with Crippen molar-refractivity contribution in [3.05, 3.63) is 45.1 Å². The Bertz CT molecular complexity index is 801. The number of nitrogens with one attached hydrogen (secondary N) is 1. The molecule has 2 heterocycles. The van der Waals surface area contributed by atoms with E-state index in [1.807, 2.05) is 0 Å². The normalized spacial score (nSPS) is 12.8. The highest BCUT2D eigenvalue weighted by atomic mass is 35.5. The minimum atomic E-state index is -0.649. The summed E-state index contributed by atoms with van der Waals surface area (Å²) in [5, 5.41) is 2.62. The molecule has 6 nitrogen and oxygen atoms in total. The molecule has 0 spiro atoms. The van der Waals surface area contributed by atoms with Crippen LogP contribution >= 0.6 is 22.9 Å². The summed E-state index contributed by atoms with van der Waals surface area (Å²) in [5.41, 5.74) is 0.721. The summed E-state index contributed by atoms with van der Waals surface area (Å²) in [5.74, 6) is -0.843. The summed E-state index contributed by atoms with van der Waals surface area (Å²) >= 11 is 6.88. The van der Waals surface area contributed by atoms with Crippen molar-refractivity contribution in [3.63, 3.8) is 0 Å². The lowest BCUT2D eigenvalue weighted by Gasteiger charge is -2.18. The van der Waals surface area contributed by atoms with E-state index in [0.717, 1.165) is 11.3 Å². The van der Waals surface area contributed by atoms with Crippen LogP contribution < -0.4 is 10.1 Å². The molecule has 0 aliphatic carbocycles. The fourth-order valence-electron chi connectivity index (χ4n) is 1.95. The zero-order valence-corrected chi connectivity index (χ0v) is 13.2. The highest BCUT2D eigenvalue weighted by Crippen LogP contribution is 2.28. The van der Waals surface area contributed by atoms with E-state index in [4.69, 9.17) is 21.1 Å². The average molecular weight is 352 g/mol. The number of fused-ring (bicyclic) bond motifs is 1. The maximum Gasteiger partial charge on any atom is 0.338 e. The maximum absolute atomic E-state index is 12.0. The predicted molar refractivity (Wildman–Crippen MR) is 84.5 cm³/mol. The minimum absolute atomic E-state index is 0.108. The topological polar surface area (TPSA) is 81.7 Å². The molecule has 1 amide bonds. The molecular weight excluding hydrogens is 342 g/mol. The molecule has 1 aliphatic rings. The van der Waals surface area contributed by atoms with E-state index in [1.54, 1.807) is 18.2 Å². The first-order valence-corrected chi connectivity index (χ1v) is 7.75. The van der Waals surface area contributed by atoms with Crippen molar-refractivity contribution >= 4 is 46.3 Å². The largest absolute Gasteiger partial charge is 0.482 e. The van der Waals surface area contributed by atoms with Gasteiger partial charge in [0.1, 0.15) is 5.75 Å². The second kappa shape index (κ2) is 6.39. The number of esters is 1.